The lowest BCUT2D eigenvalue weighted by molar-refractivity contribution is -0.151. The van der Waals surface area contributed by atoms with Crippen molar-refractivity contribution in [2.75, 3.05) is 13.7 Å². The van der Waals surface area contributed by atoms with Crippen LogP contribution >= 0.6 is 0 Å². The minimum atomic E-state index is -1.24. The zero-order chi connectivity index (χ0) is 23.5. The molecule has 0 heterocycles. The van der Waals surface area contributed by atoms with E-state index in [1.807, 2.05) is 36.4 Å². The molecule has 3 rings (SSSR count). The van der Waals surface area contributed by atoms with Gasteiger partial charge in [0.15, 0.2) is 0 Å². The Morgan fingerprint density at radius 2 is 1.53 bits per heavy atom. The van der Waals surface area contributed by atoms with Crippen LogP contribution in [0, 0.1) is 0 Å². The monoisotopic (exact) mass is 438 g/mol. The van der Waals surface area contributed by atoms with E-state index >= 15 is 0 Å². The number of fused-ring (bicyclic) bond motifs is 3. The Morgan fingerprint density at radius 3 is 2.00 bits per heavy atom. The number of hydrogen-bond donors (Lipinski definition) is 2. The van der Waals surface area contributed by atoms with Gasteiger partial charge < -0.3 is 20.1 Å². The van der Waals surface area contributed by atoms with Gasteiger partial charge in [-0.3, -0.25) is 4.79 Å². The first-order valence-electron chi connectivity index (χ1n) is 10.9. The number of aliphatic carboxylic acids is 1. The molecule has 0 aliphatic heterocycles. The Bertz CT molecular complexity index is 969. The maximum Gasteiger partial charge on any atom is 0.408 e. The van der Waals surface area contributed by atoms with Gasteiger partial charge in [0.25, 0.3) is 0 Å². The lowest BCUT2D eigenvalue weighted by Crippen LogP contribution is -2.60. The minimum absolute atomic E-state index is 0.0868. The molecular formula is C25H30N2O5. The molecule has 2 aromatic carbocycles. The number of hydrogen-bond acceptors (Lipinski definition) is 4. The van der Waals surface area contributed by atoms with Gasteiger partial charge >= 0.3 is 12.1 Å². The summed E-state index contributed by atoms with van der Waals surface area (Å²) in [6.07, 6.45) is -0.0767. The summed E-state index contributed by atoms with van der Waals surface area (Å²) in [5.41, 5.74) is 3.23. The van der Waals surface area contributed by atoms with Crippen molar-refractivity contribution in [1.82, 2.24) is 10.2 Å². The summed E-state index contributed by atoms with van der Waals surface area (Å²) in [5, 5.41) is 12.0. The number of likely N-dealkylation sites (N-methyl/N-ethyl adjacent to an activating group) is 1. The quantitative estimate of drug-likeness (QED) is 0.649. The van der Waals surface area contributed by atoms with E-state index < -0.39 is 29.6 Å². The van der Waals surface area contributed by atoms with Crippen LogP contribution in [0.2, 0.25) is 0 Å². The molecule has 0 radical (unpaired) electrons. The van der Waals surface area contributed by atoms with Gasteiger partial charge in [0.05, 0.1) is 0 Å². The molecule has 0 aromatic heterocycles. The lowest BCUT2D eigenvalue weighted by atomic mass is 9.90. The lowest BCUT2D eigenvalue weighted by Gasteiger charge is -2.36. The summed E-state index contributed by atoms with van der Waals surface area (Å²) < 4.78 is 5.60. The van der Waals surface area contributed by atoms with Crippen LogP contribution in [-0.2, 0) is 14.3 Å². The van der Waals surface area contributed by atoms with Gasteiger partial charge in [-0.15, -0.1) is 0 Å². The second-order valence-electron chi connectivity index (χ2n) is 8.17. The molecule has 2 N–H and O–H groups in total. The fourth-order valence-electron chi connectivity index (χ4n) is 4.29. The first-order valence-corrected chi connectivity index (χ1v) is 10.9. The maximum atomic E-state index is 13.1. The molecule has 0 bridgehead atoms. The molecule has 0 fully saturated rings. The molecule has 2 amide bonds. The Kier molecular flexibility index (Phi) is 6.87. The number of carboxylic acids is 1. The summed E-state index contributed by atoms with van der Waals surface area (Å²) >= 11 is 0. The highest BCUT2D eigenvalue weighted by Crippen LogP contribution is 2.44. The van der Waals surface area contributed by atoms with Gasteiger partial charge in [0.2, 0.25) is 5.91 Å². The van der Waals surface area contributed by atoms with Crippen LogP contribution in [0.1, 0.15) is 50.7 Å². The van der Waals surface area contributed by atoms with Crippen LogP contribution in [0.25, 0.3) is 11.1 Å². The first-order chi connectivity index (χ1) is 15.3. The van der Waals surface area contributed by atoms with Crippen molar-refractivity contribution in [2.45, 2.75) is 51.1 Å². The van der Waals surface area contributed by atoms with E-state index in [0.717, 1.165) is 27.2 Å². The highest BCUT2D eigenvalue weighted by atomic mass is 16.5. The number of carboxylic acid groups (broad SMARTS) is 1. The predicted octanol–water partition coefficient (Wildman–Crippen LogP) is 4.02. The summed E-state index contributed by atoms with van der Waals surface area (Å²) in [4.78, 5) is 38.3. The summed E-state index contributed by atoms with van der Waals surface area (Å²) in [7, 11) is 1.43. The third-order valence-corrected chi connectivity index (χ3v) is 6.56. The second-order valence-corrected chi connectivity index (χ2v) is 8.17. The Labute approximate surface area is 188 Å². The molecule has 1 atom stereocenters. The molecule has 1 unspecified atom stereocenters. The number of ether oxygens (including phenoxy) is 1. The van der Waals surface area contributed by atoms with Crippen molar-refractivity contribution in [1.29, 1.82) is 0 Å². The average molecular weight is 439 g/mol. The maximum absolute atomic E-state index is 13.1. The molecule has 7 nitrogen and oxygen atoms in total. The van der Waals surface area contributed by atoms with Crippen LogP contribution in [0.3, 0.4) is 0 Å². The number of carbonyl (C=O) groups is 3. The van der Waals surface area contributed by atoms with E-state index in [2.05, 4.69) is 17.4 Å². The Hall–Kier alpha value is -3.35. The molecule has 0 spiro atoms. The fraction of sp³-hybridized carbons (Fsp3) is 0.400. The minimum Gasteiger partial charge on any atom is -0.480 e. The van der Waals surface area contributed by atoms with Crippen molar-refractivity contribution in [3.05, 3.63) is 59.7 Å². The summed E-state index contributed by atoms with van der Waals surface area (Å²) in [5.74, 6) is -1.65. The van der Waals surface area contributed by atoms with Crippen LogP contribution in [0.5, 0.6) is 0 Å². The molecule has 2 aromatic rings. The van der Waals surface area contributed by atoms with Crippen molar-refractivity contribution >= 4 is 18.0 Å². The van der Waals surface area contributed by atoms with Crippen molar-refractivity contribution in [3.8, 4) is 11.1 Å². The third kappa shape index (κ3) is 4.20. The van der Waals surface area contributed by atoms with Crippen LogP contribution in [0.15, 0.2) is 48.5 Å². The van der Waals surface area contributed by atoms with Gasteiger partial charge in [0, 0.05) is 13.0 Å². The van der Waals surface area contributed by atoms with Crippen molar-refractivity contribution in [2.24, 2.45) is 0 Å². The summed E-state index contributed by atoms with van der Waals surface area (Å²) in [6.45, 7) is 5.14. The predicted molar refractivity (Wildman–Crippen MR) is 121 cm³/mol. The summed E-state index contributed by atoms with van der Waals surface area (Å²) in [6, 6.07) is 15.1. The van der Waals surface area contributed by atoms with Crippen LogP contribution < -0.4 is 5.32 Å². The van der Waals surface area contributed by atoms with Gasteiger partial charge in [-0.2, -0.15) is 0 Å². The number of carbonyl (C=O) groups excluding carboxylic acids is 2. The van der Waals surface area contributed by atoms with Gasteiger partial charge in [0.1, 0.15) is 18.2 Å². The number of nitrogens with zero attached hydrogens (tertiary/aromatic N) is 1. The van der Waals surface area contributed by atoms with E-state index in [-0.39, 0.29) is 12.5 Å². The number of alkyl carbamates (subject to hydrolysis) is 1. The van der Waals surface area contributed by atoms with E-state index in [1.165, 1.54) is 14.0 Å². The van der Waals surface area contributed by atoms with Gasteiger partial charge in [-0.1, -0.05) is 62.4 Å². The molecule has 7 heteroatoms. The fourth-order valence-corrected chi connectivity index (χ4v) is 4.29. The molecule has 170 valence electrons. The first kappa shape index (κ1) is 23.3. The molecule has 1 aliphatic carbocycles. The third-order valence-electron chi connectivity index (χ3n) is 6.56. The standard InChI is InChI=1S/C25H30N2O5/c1-5-25(6-2,23(30)27(4)16(3)22(28)29)26-24(31)32-15-21-19-13-9-7-11-17(19)18-12-8-10-14-20(18)21/h7-14,16,21H,5-6,15H2,1-4H3,(H,26,31)(H,28,29). The second kappa shape index (κ2) is 9.42. The largest absolute Gasteiger partial charge is 0.480 e. The molecule has 0 saturated carbocycles. The smallest absolute Gasteiger partial charge is 0.408 e. The number of benzene rings is 2. The van der Waals surface area contributed by atoms with E-state index in [1.54, 1.807) is 13.8 Å². The molecule has 32 heavy (non-hydrogen) atoms. The van der Waals surface area contributed by atoms with Gasteiger partial charge in [-0.05, 0) is 42.0 Å². The topological polar surface area (TPSA) is 95.9 Å². The molecular weight excluding hydrogens is 408 g/mol. The zero-order valence-corrected chi connectivity index (χ0v) is 18.9. The van der Waals surface area contributed by atoms with Crippen molar-refractivity contribution in [3.63, 3.8) is 0 Å². The zero-order valence-electron chi connectivity index (χ0n) is 18.9. The number of amides is 2. The van der Waals surface area contributed by atoms with Gasteiger partial charge in [-0.25, -0.2) is 9.59 Å². The van der Waals surface area contributed by atoms with E-state index in [0.29, 0.717) is 12.8 Å². The van der Waals surface area contributed by atoms with E-state index in [9.17, 15) is 19.5 Å². The number of rotatable bonds is 8. The number of nitrogens with one attached hydrogen (secondary N) is 1. The molecule has 0 saturated heterocycles. The van der Waals surface area contributed by atoms with E-state index in [4.69, 9.17) is 4.74 Å². The SMILES string of the molecule is CCC(CC)(NC(=O)OCC1c2ccccc2-c2ccccc21)C(=O)N(C)C(C)C(=O)O. The Morgan fingerprint density at radius 1 is 1.03 bits per heavy atom. The highest BCUT2D eigenvalue weighted by Gasteiger charge is 2.41. The van der Waals surface area contributed by atoms with Crippen LogP contribution in [-0.4, -0.2) is 53.2 Å². The Balaban J connectivity index is 1.74. The van der Waals surface area contributed by atoms with Crippen LogP contribution in [0.4, 0.5) is 4.79 Å². The van der Waals surface area contributed by atoms with Crippen molar-refractivity contribution < 1.29 is 24.2 Å². The molecule has 1 aliphatic rings. The highest BCUT2D eigenvalue weighted by molar-refractivity contribution is 5.92. The average Bonchev–Trinajstić information content (AvgIpc) is 3.13. The normalized spacial score (nSPS) is 13.6.